The van der Waals surface area contributed by atoms with Gasteiger partial charge in [-0.25, -0.2) is 4.79 Å². The molecule has 1 fully saturated rings. The third-order valence-electron chi connectivity index (χ3n) is 5.57. The molecule has 8 nitrogen and oxygen atoms in total. The van der Waals surface area contributed by atoms with Gasteiger partial charge >= 0.3 is 5.97 Å². The Balaban J connectivity index is 1.57. The highest BCUT2D eigenvalue weighted by molar-refractivity contribution is 7.15. The van der Waals surface area contributed by atoms with E-state index in [0.717, 1.165) is 24.2 Å². The van der Waals surface area contributed by atoms with Crippen LogP contribution in [-0.2, 0) is 16.1 Å². The first kappa shape index (κ1) is 23.8. The highest BCUT2D eigenvalue weighted by Gasteiger charge is 2.31. The minimum atomic E-state index is -0.488. The lowest BCUT2D eigenvalue weighted by Gasteiger charge is -2.20. The molecule has 34 heavy (non-hydrogen) atoms. The van der Waals surface area contributed by atoms with Gasteiger partial charge in [0.2, 0.25) is 5.91 Å². The number of furan rings is 1. The van der Waals surface area contributed by atoms with Crippen molar-refractivity contribution < 1.29 is 28.2 Å². The molecule has 0 saturated heterocycles. The zero-order valence-electron chi connectivity index (χ0n) is 19.5. The van der Waals surface area contributed by atoms with E-state index in [0.29, 0.717) is 40.2 Å². The standard InChI is InChI=1S/C25H28N2O6S/c1-4-32-25(29)23-19(16-7-10-20(30-2)21(12-16)31-3)15-34-24(23)26-22(28)14-27(17-8-9-17)13-18-6-5-11-33-18/h5-7,10-12,15,17H,4,8-9,13-14H2,1-3H3,(H,26,28). The Morgan fingerprint density at radius 3 is 2.62 bits per heavy atom. The van der Waals surface area contributed by atoms with Crippen LogP contribution in [0.3, 0.4) is 0 Å². The number of nitrogens with one attached hydrogen (secondary N) is 1. The molecule has 0 radical (unpaired) electrons. The molecule has 1 saturated carbocycles. The predicted molar refractivity (Wildman–Crippen MR) is 130 cm³/mol. The van der Waals surface area contributed by atoms with Gasteiger partial charge in [0.05, 0.1) is 40.2 Å². The number of benzene rings is 1. The zero-order chi connectivity index (χ0) is 24.1. The summed E-state index contributed by atoms with van der Waals surface area (Å²) in [6.07, 6.45) is 3.75. The Hall–Kier alpha value is -3.30. The first-order valence-corrected chi connectivity index (χ1v) is 12.0. The lowest BCUT2D eigenvalue weighted by Crippen LogP contribution is -2.34. The number of thiophene rings is 1. The second-order valence-corrected chi connectivity index (χ2v) is 8.79. The van der Waals surface area contributed by atoms with Crippen LogP contribution in [0.25, 0.3) is 11.1 Å². The summed E-state index contributed by atoms with van der Waals surface area (Å²) >= 11 is 1.29. The number of nitrogens with zero attached hydrogens (tertiary/aromatic N) is 1. The van der Waals surface area contributed by atoms with Gasteiger partial charge in [0.15, 0.2) is 11.5 Å². The number of esters is 1. The van der Waals surface area contributed by atoms with Crippen molar-refractivity contribution in [1.82, 2.24) is 4.90 Å². The van der Waals surface area contributed by atoms with Crippen LogP contribution in [0.1, 0.15) is 35.9 Å². The Kier molecular flexibility index (Phi) is 7.54. The van der Waals surface area contributed by atoms with E-state index < -0.39 is 5.97 Å². The van der Waals surface area contributed by atoms with Crippen molar-refractivity contribution in [1.29, 1.82) is 0 Å². The molecule has 3 aromatic rings. The number of rotatable bonds is 11. The molecule has 0 spiro atoms. The third-order valence-corrected chi connectivity index (χ3v) is 6.46. The molecular weight excluding hydrogens is 456 g/mol. The molecule has 2 aromatic heterocycles. The average molecular weight is 485 g/mol. The predicted octanol–water partition coefficient (Wildman–Crippen LogP) is 4.81. The maximum atomic E-state index is 13.0. The molecule has 1 aliphatic rings. The van der Waals surface area contributed by atoms with E-state index in [-0.39, 0.29) is 19.1 Å². The molecule has 180 valence electrons. The molecule has 1 amide bonds. The number of hydrogen-bond acceptors (Lipinski definition) is 8. The van der Waals surface area contributed by atoms with Crippen molar-refractivity contribution in [2.75, 3.05) is 32.7 Å². The Morgan fingerprint density at radius 2 is 1.97 bits per heavy atom. The summed E-state index contributed by atoms with van der Waals surface area (Å²) in [5, 5.41) is 5.23. The summed E-state index contributed by atoms with van der Waals surface area (Å²) in [4.78, 5) is 28.0. The largest absolute Gasteiger partial charge is 0.493 e. The van der Waals surface area contributed by atoms with Crippen LogP contribution in [-0.4, -0.2) is 50.2 Å². The second-order valence-electron chi connectivity index (χ2n) is 7.91. The Bertz CT molecular complexity index is 1140. The van der Waals surface area contributed by atoms with Crippen molar-refractivity contribution in [3.8, 4) is 22.6 Å². The number of amides is 1. The number of ether oxygens (including phenoxy) is 3. The van der Waals surface area contributed by atoms with Gasteiger partial charge in [0.25, 0.3) is 0 Å². The van der Waals surface area contributed by atoms with Crippen LogP contribution < -0.4 is 14.8 Å². The van der Waals surface area contributed by atoms with E-state index in [2.05, 4.69) is 10.2 Å². The Morgan fingerprint density at radius 1 is 1.18 bits per heavy atom. The van der Waals surface area contributed by atoms with Crippen molar-refractivity contribution in [2.24, 2.45) is 0 Å². The van der Waals surface area contributed by atoms with E-state index in [4.69, 9.17) is 18.6 Å². The molecule has 9 heteroatoms. The van der Waals surface area contributed by atoms with Crippen LogP contribution in [0.15, 0.2) is 46.4 Å². The van der Waals surface area contributed by atoms with Gasteiger partial charge in [-0.2, -0.15) is 0 Å². The minimum absolute atomic E-state index is 0.190. The van der Waals surface area contributed by atoms with E-state index in [1.165, 1.54) is 11.3 Å². The van der Waals surface area contributed by atoms with E-state index >= 15 is 0 Å². The normalized spacial score (nSPS) is 13.1. The lowest BCUT2D eigenvalue weighted by atomic mass is 10.0. The first-order valence-electron chi connectivity index (χ1n) is 11.1. The minimum Gasteiger partial charge on any atom is -0.493 e. The fourth-order valence-electron chi connectivity index (χ4n) is 3.78. The topological polar surface area (TPSA) is 90.2 Å². The summed E-state index contributed by atoms with van der Waals surface area (Å²) in [6.45, 7) is 2.75. The lowest BCUT2D eigenvalue weighted by molar-refractivity contribution is -0.117. The number of carbonyl (C=O) groups excluding carboxylic acids is 2. The molecule has 1 aromatic carbocycles. The summed E-state index contributed by atoms with van der Waals surface area (Å²) < 4.78 is 21.5. The zero-order valence-corrected chi connectivity index (χ0v) is 20.3. The van der Waals surface area contributed by atoms with Crippen molar-refractivity contribution in [2.45, 2.75) is 32.4 Å². The van der Waals surface area contributed by atoms with Crippen molar-refractivity contribution >= 4 is 28.2 Å². The van der Waals surface area contributed by atoms with Gasteiger partial charge in [0, 0.05) is 17.0 Å². The quantitative estimate of drug-likeness (QED) is 0.391. The van der Waals surface area contributed by atoms with Gasteiger partial charge in [-0.15, -0.1) is 11.3 Å². The van der Waals surface area contributed by atoms with Crippen molar-refractivity contribution in [3.05, 3.63) is 53.3 Å². The van der Waals surface area contributed by atoms with Crippen LogP contribution in [0.5, 0.6) is 11.5 Å². The van der Waals surface area contributed by atoms with Crippen LogP contribution in [0.4, 0.5) is 5.00 Å². The van der Waals surface area contributed by atoms with Gasteiger partial charge in [-0.3, -0.25) is 9.69 Å². The first-order chi connectivity index (χ1) is 16.5. The van der Waals surface area contributed by atoms with Crippen LogP contribution in [0.2, 0.25) is 0 Å². The fourth-order valence-corrected chi connectivity index (χ4v) is 4.75. The molecule has 4 rings (SSSR count). The molecule has 1 N–H and O–H groups in total. The summed E-state index contributed by atoms with van der Waals surface area (Å²) in [5.41, 5.74) is 1.75. The number of carbonyl (C=O) groups is 2. The molecule has 1 aliphatic carbocycles. The third kappa shape index (κ3) is 5.43. The number of hydrogen-bond donors (Lipinski definition) is 1. The second kappa shape index (κ2) is 10.8. The summed E-state index contributed by atoms with van der Waals surface area (Å²) in [7, 11) is 3.12. The molecule has 0 aliphatic heterocycles. The maximum absolute atomic E-state index is 13.0. The smallest absolute Gasteiger partial charge is 0.341 e. The van der Waals surface area contributed by atoms with E-state index in [1.54, 1.807) is 39.5 Å². The molecular formula is C25H28N2O6S. The van der Waals surface area contributed by atoms with Gasteiger partial charge in [-0.05, 0) is 49.6 Å². The van der Waals surface area contributed by atoms with Gasteiger partial charge in [0.1, 0.15) is 16.3 Å². The number of anilines is 1. The molecule has 0 bridgehead atoms. The molecule has 2 heterocycles. The summed E-state index contributed by atoms with van der Waals surface area (Å²) in [5.74, 6) is 1.27. The average Bonchev–Trinajstić information content (AvgIpc) is 3.40. The van der Waals surface area contributed by atoms with E-state index in [9.17, 15) is 9.59 Å². The Labute approximate surface area is 202 Å². The number of methoxy groups -OCH3 is 2. The highest BCUT2D eigenvalue weighted by atomic mass is 32.1. The van der Waals surface area contributed by atoms with Gasteiger partial charge < -0.3 is 23.9 Å². The SMILES string of the molecule is CCOC(=O)c1c(-c2ccc(OC)c(OC)c2)csc1NC(=O)CN(Cc1ccco1)C1CC1. The van der Waals surface area contributed by atoms with Crippen LogP contribution in [0, 0.1) is 0 Å². The molecule has 0 atom stereocenters. The summed E-state index contributed by atoms with van der Waals surface area (Å²) in [6, 6.07) is 9.53. The monoisotopic (exact) mass is 484 g/mol. The maximum Gasteiger partial charge on any atom is 0.341 e. The fraction of sp³-hybridized carbons (Fsp3) is 0.360. The highest BCUT2D eigenvalue weighted by Crippen LogP contribution is 2.39. The van der Waals surface area contributed by atoms with Crippen LogP contribution >= 0.6 is 11.3 Å². The van der Waals surface area contributed by atoms with E-state index in [1.807, 2.05) is 23.6 Å². The van der Waals surface area contributed by atoms with Gasteiger partial charge in [-0.1, -0.05) is 6.07 Å². The van der Waals surface area contributed by atoms with Crippen molar-refractivity contribution in [3.63, 3.8) is 0 Å². The molecule has 0 unspecified atom stereocenters.